The fraction of sp³-hybridized carbons (Fsp3) is 0.412. The van der Waals surface area contributed by atoms with Crippen LogP contribution in [-0.2, 0) is 4.74 Å². The zero-order valence-electron chi connectivity index (χ0n) is 13.7. The lowest BCUT2D eigenvalue weighted by Crippen LogP contribution is -2.37. The van der Waals surface area contributed by atoms with Crippen molar-refractivity contribution in [3.05, 3.63) is 36.1 Å². The van der Waals surface area contributed by atoms with Crippen molar-refractivity contribution in [1.82, 2.24) is 5.32 Å². The van der Waals surface area contributed by atoms with Crippen molar-refractivity contribution in [3.8, 4) is 5.75 Å². The van der Waals surface area contributed by atoms with Crippen LogP contribution in [0.3, 0.4) is 0 Å². The molecule has 1 atom stereocenters. The maximum absolute atomic E-state index is 12.4. The first-order valence-corrected chi connectivity index (χ1v) is 7.11. The van der Waals surface area contributed by atoms with Crippen LogP contribution in [0.15, 0.2) is 35.5 Å². The first-order valence-electron chi connectivity index (χ1n) is 7.11. The lowest BCUT2D eigenvalue weighted by Gasteiger charge is -2.22. The molecule has 0 aliphatic rings. The van der Waals surface area contributed by atoms with Crippen LogP contribution in [0.4, 0.5) is 5.69 Å². The number of nitrogens with one attached hydrogen (secondary N) is 1. The zero-order chi connectivity index (χ0) is 16.7. The monoisotopic (exact) mass is 304 g/mol. The predicted octanol–water partition coefficient (Wildman–Crippen LogP) is 3.33. The molecule has 1 rings (SSSR count). The molecule has 0 fully saturated rings. The summed E-state index contributed by atoms with van der Waals surface area (Å²) in [6.45, 7) is 11.5. The number of carbonyl (C=O) groups is 1. The van der Waals surface area contributed by atoms with Gasteiger partial charge in [0.2, 0.25) is 0 Å². The molecular formula is C17H24N2O3. The van der Waals surface area contributed by atoms with E-state index in [1.165, 1.54) is 7.11 Å². The van der Waals surface area contributed by atoms with Gasteiger partial charge in [-0.3, -0.25) is 9.79 Å². The molecule has 1 amide bonds. The molecule has 5 nitrogen and oxygen atoms in total. The second-order valence-electron chi connectivity index (χ2n) is 5.37. The number of aliphatic imine (C=N–C) groups is 1. The molecule has 0 heterocycles. The van der Waals surface area contributed by atoms with Crippen LogP contribution in [-0.4, -0.2) is 32.9 Å². The summed E-state index contributed by atoms with van der Waals surface area (Å²) in [6, 6.07) is 4.79. The van der Waals surface area contributed by atoms with Gasteiger partial charge in [-0.2, -0.15) is 0 Å². The van der Waals surface area contributed by atoms with E-state index in [9.17, 15) is 4.79 Å². The first kappa shape index (κ1) is 17.8. The Morgan fingerprint density at radius 2 is 2.05 bits per heavy atom. The lowest BCUT2D eigenvalue weighted by molar-refractivity contribution is 0.0923. The van der Waals surface area contributed by atoms with Gasteiger partial charge >= 0.3 is 0 Å². The highest BCUT2D eigenvalue weighted by molar-refractivity contribution is 5.95. The van der Waals surface area contributed by atoms with Gasteiger partial charge in [0.1, 0.15) is 17.2 Å². The van der Waals surface area contributed by atoms with Crippen LogP contribution in [0.5, 0.6) is 5.75 Å². The van der Waals surface area contributed by atoms with E-state index in [0.717, 1.165) is 6.42 Å². The summed E-state index contributed by atoms with van der Waals surface area (Å²) in [4.78, 5) is 16.3. The van der Waals surface area contributed by atoms with Crippen LogP contribution >= 0.6 is 0 Å². The van der Waals surface area contributed by atoms with E-state index in [0.29, 0.717) is 28.7 Å². The molecule has 0 aromatic heterocycles. The second kappa shape index (κ2) is 8.22. The van der Waals surface area contributed by atoms with Crippen molar-refractivity contribution >= 4 is 18.3 Å². The predicted molar refractivity (Wildman–Crippen MR) is 89.1 cm³/mol. The third-order valence-electron chi connectivity index (χ3n) is 3.28. The average Bonchev–Trinajstić information content (AvgIpc) is 2.52. The summed E-state index contributed by atoms with van der Waals surface area (Å²) in [5.41, 5.74) is 1.08. The maximum Gasteiger partial charge on any atom is 0.252 e. The van der Waals surface area contributed by atoms with Crippen LogP contribution in [0, 0.1) is 5.92 Å². The van der Waals surface area contributed by atoms with Gasteiger partial charge in [-0.15, -0.1) is 0 Å². The molecule has 5 heteroatoms. The van der Waals surface area contributed by atoms with Gasteiger partial charge in [0, 0.05) is 5.56 Å². The van der Waals surface area contributed by atoms with Crippen LogP contribution in [0.1, 0.15) is 30.6 Å². The number of hydrogen-bond acceptors (Lipinski definition) is 4. The molecule has 1 aromatic rings. The van der Waals surface area contributed by atoms with E-state index in [1.54, 1.807) is 25.3 Å². The van der Waals surface area contributed by atoms with E-state index >= 15 is 0 Å². The molecule has 1 unspecified atom stereocenters. The van der Waals surface area contributed by atoms with Gasteiger partial charge < -0.3 is 14.8 Å². The number of methoxy groups -OCH3 is 2. The molecule has 0 saturated heterocycles. The summed E-state index contributed by atoms with van der Waals surface area (Å²) in [5, 5.41) is 2.94. The lowest BCUT2D eigenvalue weighted by atomic mass is 10.0. The fourth-order valence-corrected chi connectivity index (χ4v) is 2.08. The minimum Gasteiger partial charge on any atom is -0.500 e. The summed E-state index contributed by atoms with van der Waals surface area (Å²) < 4.78 is 10.4. The highest BCUT2D eigenvalue weighted by Crippen LogP contribution is 2.28. The molecule has 22 heavy (non-hydrogen) atoms. The van der Waals surface area contributed by atoms with Crippen LogP contribution in [0.25, 0.3) is 0 Å². The highest BCUT2D eigenvalue weighted by atomic mass is 16.5. The molecule has 0 spiro atoms. The Morgan fingerprint density at radius 1 is 1.36 bits per heavy atom. The Kier molecular flexibility index (Phi) is 6.63. The Hall–Kier alpha value is -2.30. The SMILES string of the molecule is C=Nc1ccc(C(=O)NC(CC(C)C)C(=C)OC)cc1OC. The van der Waals surface area contributed by atoms with Gasteiger partial charge in [0.15, 0.2) is 0 Å². The standard InChI is InChI=1S/C17H24N2O3/c1-11(2)9-15(12(3)21-5)19-17(20)13-7-8-14(18-4)16(10-13)22-6/h7-8,10-11,15H,3-4,9H2,1-2,5-6H3,(H,19,20). The minimum absolute atomic E-state index is 0.210. The number of amides is 1. The summed E-state index contributed by atoms with van der Waals surface area (Å²) in [7, 11) is 3.08. The zero-order valence-corrected chi connectivity index (χ0v) is 13.7. The molecule has 0 radical (unpaired) electrons. The van der Waals surface area contributed by atoms with Crippen molar-refractivity contribution in [2.75, 3.05) is 14.2 Å². The molecule has 120 valence electrons. The minimum atomic E-state index is -0.235. The Bertz CT molecular complexity index is 553. The van der Waals surface area contributed by atoms with E-state index < -0.39 is 0 Å². The average molecular weight is 304 g/mol. The van der Waals surface area contributed by atoms with E-state index in [4.69, 9.17) is 9.47 Å². The van der Waals surface area contributed by atoms with Crippen molar-refractivity contribution in [1.29, 1.82) is 0 Å². The Balaban J connectivity index is 2.94. The van der Waals surface area contributed by atoms with Crippen molar-refractivity contribution in [2.45, 2.75) is 26.3 Å². The van der Waals surface area contributed by atoms with Gasteiger partial charge in [-0.1, -0.05) is 20.4 Å². The van der Waals surface area contributed by atoms with Gasteiger partial charge in [0.05, 0.1) is 20.3 Å². The van der Waals surface area contributed by atoms with Crippen LogP contribution < -0.4 is 10.1 Å². The summed E-state index contributed by atoms with van der Waals surface area (Å²) >= 11 is 0. The molecule has 1 aromatic carbocycles. The van der Waals surface area contributed by atoms with E-state index in [1.807, 2.05) is 0 Å². The molecule has 0 bridgehead atoms. The smallest absolute Gasteiger partial charge is 0.252 e. The molecule has 1 N–H and O–H groups in total. The number of ether oxygens (including phenoxy) is 2. The Morgan fingerprint density at radius 3 is 2.55 bits per heavy atom. The normalized spacial score (nSPS) is 11.7. The van der Waals surface area contributed by atoms with Gasteiger partial charge in [-0.05, 0) is 37.3 Å². The van der Waals surface area contributed by atoms with Crippen molar-refractivity contribution < 1.29 is 14.3 Å². The van der Waals surface area contributed by atoms with Crippen LogP contribution in [0.2, 0.25) is 0 Å². The van der Waals surface area contributed by atoms with E-state index in [2.05, 4.69) is 37.5 Å². The number of benzene rings is 1. The topological polar surface area (TPSA) is 59.9 Å². The van der Waals surface area contributed by atoms with E-state index in [-0.39, 0.29) is 11.9 Å². The number of rotatable bonds is 8. The first-order chi connectivity index (χ1) is 10.4. The molecule has 0 aliphatic heterocycles. The van der Waals surface area contributed by atoms with Gasteiger partial charge in [0.25, 0.3) is 5.91 Å². The van der Waals surface area contributed by atoms with Crippen molar-refractivity contribution in [3.63, 3.8) is 0 Å². The third-order valence-corrected chi connectivity index (χ3v) is 3.28. The van der Waals surface area contributed by atoms with Gasteiger partial charge in [-0.25, -0.2) is 0 Å². The summed E-state index contributed by atoms with van der Waals surface area (Å²) in [6.07, 6.45) is 0.752. The largest absolute Gasteiger partial charge is 0.500 e. The Labute approximate surface area is 132 Å². The third kappa shape index (κ3) is 4.62. The molecule has 0 aliphatic carbocycles. The number of carbonyl (C=O) groups excluding carboxylic acids is 1. The highest BCUT2D eigenvalue weighted by Gasteiger charge is 2.19. The molecule has 0 saturated carbocycles. The second-order valence-corrected chi connectivity index (χ2v) is 5.37. The number of nitrogens with zero attached hydrogens (tertiary/aromatic N) is 1. The summed E-state index contributed by atoms with van der Waals surface area (Å²) in [5.74, 6) is 1.24. The quantitative estimate of drug-likeness (QED) is 0.592. The molecular weight excluding hydrogens is 280 g/mol. The maximum atomic E-state index is 12.4. The fourth-order valence-electron chi connectivity index (χ4n) is 2.08. The van der Waals surface area contributed by atoms with Crippen molar-refractivity contribution in [2.24, 2.45) is 10.9 Å². The number of hydrogen-bond donors (Lipinski definition) is 1.